The number of halogens is 1. The van der Waals surface area contributed by atoms with E-state index in [-0.39, 0.29) is 10.6 Å². The predicted octanol–water partition coefficient (Wildman–Crippen LogP) is 1.39. The molecule has 0 saturated carbocycles. The number of hydrogen-bond donors (Lipinski definition) is 0. The van der Waals surface area contributed by atoms with Gasteiger partial charge in [0.05, 0.1) is 23.1 Å². The first kappa shape index (κ1) is 15.5. The van der Waals surface area contributed by atoms with Gasteiger partial charge >= 0.3 is 0 Å². The third-order valence-corrected chi connectivity index (χ3v) is 5.04. The van der Waals surface area contributed by atoms with Crippen LogP contribution in [0.2, 0.25) is 0 Å². The van der Waals surface area contributed by atoms with Crippen molar-refractivity contribution in [3.63, 3.8) is 0 Å². The molecule has 0 fully saturated rings. The Labute approximate surface area is 131 Å². The van der Waals surface area contributed by atoms with Gasteiger partial charge in [-0.15, -0.1) is 0 Å². The first-order valence-corrected chi connectivity index (χ1v) is 8.18. The van der Waals surface area contributed by atoms with Crippen molar-refractivity contribution in [2.24, 2.45) is 0 Å². The van der Waals surface area contributed by atoms with Crippen LogP contribution in [0.3, 0.4) is 0 Å². The van der Waals surface area contributed by atoms with Crippen molar-refractivity contribution in [1.29, 1.82) is 0 Å². The average molecular weight is 369 g/mol. The molecule has 21 heavy (non-hydrogen) atoms. The van der Waals surface area contributed by atoms with Crippen LogP contribution < -0.4 is 9.41 Å². The molecule has 7 heteroatoms. The number of aliphatic carboxylic acids is 1. The second-order valence-electron chi connectivity index (χ2n) is 4.17. The van der Waals surface area contributed by atoms with Gasteiger partial charge < -0.3 is 9.90 Å². The summed E-state index contributed by atoms with van der Waals surface area (Å²) < 4.78 is 26.7. The summed E-state index contributed by atoms with van der Waals surface area (Å²) in [5.74, 6) is -1.47. The highest BCUT2D eigenvalue weighted by molar-refractivity contribution is 9.10. The molecule has 2 aromatic carbocycles. The largest absolute Gasteiger partial charge is 0.548 e. The molecule has 0 aliphatic carbocycles. The van der Waals surface area contributed by atoms with Crippen molar-refractivity contribution in [1.82, 2.24) is 0 Å². The predicted molar refractivity (Wildman–Crippen MR) is 80.1 cm³/mol. The first-order valence-electron chi connectivity index (χ1n) is 5.94. The van der Waals surface area contributed by atoms with Crippen LogP contribution in [0.25, 0.3) is 0 Å². The maximum Gasteiger partial charge on any atom is 0.264 e. The van der Waals surface area contributed by atoms with Crippen molar-refractivity contribution >= 4 is 37.6 Å². The minimum absolute atomic E-state index is 0.0224. The van der Waals surface area contributed by atoms with E-state index in [9.17, 15) is 18.3 Å². The number of rotatable bonds is 5. The molecular formula is C14H11BrNO4S-. The molecular weight excluding hydrogens is 358 g/mol. The average Bonchev–Trinajstić information content (AvgIpc) is 2.46. The topological polar surface area (TPSA) is 77.5 Å². The minimum Gasteiger partial charge on any atom is -0.548 e. The zero-order valence-corrected chi connectivity index (χ0v) is 13.2. The van der Waals surface area contributed by atoms with Crippen LogP contribution in [-0.2, 0) is 14.8 Å². The van der Waals surface area contributed by atoms with E-state index in [1.165, 1.54) is 24.3 Å². The summed E-state index contributed by atoms with van der Waals surface area (Å²) in [6.07, 6.45) is 0. The number of anilines is 1. The van der Waals surface area contributed by atoms with Crippen LogP contribution in [0.15, 0.2) is 64.0 Å². The molecule has 0 aliphatic rings. The Bertz CT molecular complexity index is 729. The van der Waals surface area contributed by atoms with Gasteiger partial charge in [-0.05, 0) is 36.4 Å². The third-order valence-electron chi connectivity index (χ3n) is 2.72. The van der Waals surface area contributed by atoms with Gasteiger partial charge in [-0.2, -0.15) is 0 Å². The quantitative estimate of drug-likeness (QED) is 0.798. The number of carboxylic acid groups (broad SMARTS) is 1. The highest BCUT2D eigenvalue weighted by Crippen LogP contribution is 2.24. The van der Waals surface area contributed by atoms with E-state index in [0.29, 0.717) is 0 Å². The van der Waals surface area contributed by atoms with Gasteiger partial charge in [-0.3, -0.25) is 4.31 Å². The number of benzene rings is 2. The molecule has 0 N–H and O–H groups in total. The Morgan fingerprint density at radius 3 is 2.14 bits per heavy atom. The molecule has 0 aromatic heterocycles. The summed E-state index contributed by atoms with van der Waals surface area (Å²) in [4.78, 5) is 10.9. The number of sulfonamides is 1. The highest BCUT2D eigenvalue weighted by atomic mass is 79.9. The van der Waals surface area contributed by atoms with Crippen LogP contribution in [0.4, 0.5) is 5.69 Å². The standard InChI is InChI=1S/C14H12BrNO4S/c15-11-6-8-12(9-7-11)16(10-14(17)18)21(19,20)13-4-2-1-3-5-13/h1-9H,10H2,(H,17,18)/p-1. The lowest BCUT2D eigenvalue weighted by Crippen LogP contribution is -2.41. The van der Waals surface area contributed by atoms with E-state index >= 15 is 0 Å². The van der Waals surface area contributed by atoms with Gasteiger partial charge in [-0.25, -0.2) is 8.42 Å². The van der Waals surface area contributed by atoms with Crippen molar-refractivity contribution < 1.29 is 18.3 Å². The van der Waals surface area contributed by atoms with Crippen LogP contribution in [-0.4, -0.2) is 20.9 Å². The second-order valence-corrected chi connectivity index (χ2v) is 6.95. The van der Waals surface area contributed by atoms with Gasteiger partial charge in [0.25, 0.3) is 10.0 Å². The van der Waals surface area contributed by atoms with E-state index in [2.05, 4.69) is 15.9 Å². The van der Waals surface area contributed by atoms with Gasteiger partial charge in [0.15, 0.2) is 0 Å². The summed E-state index contributed by atoms with van der Waals surface area (Å²) in [6.45, 7) is -0.751. The molecule has 0 spiro atoms. The van der Waals surface area contributed by atoms with Gasteiger partial charge in [0.1, 0.15) is 0 Å². The first-order chi connectivity index (χ1) is 9.91. The molecule has 0 atom stereocenters. The molecule has 2 rings (SSSR count). The molecule has 0 saturated heterocycles. The maximum absolute atomic E-state index is 12.6. The lowest BCUT2D eigenvalue weighted by Gasteiger charge is -2.25. The maximum atomic E-state index is 12.6. The molecule has 5 nitrogen and oxygen atoms in total. The third kappa shape index (κ3) is 3.62. The van der Waals surface area contributed by atoms with Gasteiger partial charge in [0, 0.05) is 4.47 Å². The van der Waals surface area contributed by atoms with Crippen molar-refractivity contribution in [2.45, 2.75) is 4.90 Å². The summed E-state index contributed by atoms with van der Waals surface area (Å²) in [7, 11) is -3.96. The summed E-state index contributed by atoms with van der Waals surface area (Å²) in [6, 6.07) is 14.0. The molecule has 0 radical (unpaired) electrons. The monoisotopic (exact) mass is 368 g/mol. The molecule has 2 aromatic rings. The van der Waals surface area contributed by atoms with Gasteiger partial charge in [-0.1, -0.05) is 34.1 Å². The van der Waals surface area contributed by atoms with E-state index in [4.69, 9.17) is 0 Å². The zero-order valence-electron chi connectivity index (χ0n) is 10.8. The minimum atomic E-state index is -3.96. The number of nitrogens with zero attached hydrogens (tertiary/aromatic N) is 1. The number of hydrogen-bond acceptors (Lipinski definition) is 4. The van der Waals surface area contributed by atoms with E-state index in [1.54, 1.807) is 30.3 Å². The Hall–Kier alpha value is -1.86. The fraction of sp³-hybridized carbons (Fsp3) is 0.0714. The summed E-state index contributed by atoms with van der Waals surface area (Å²) in [5, 5.41) is 10.9. The van der Waals surface area contributed by atoms with Crippen molar-refractivity contribution in [3.8, 4) is 0 Å². The molecule has 0 bridgehead atoms. The van der Waals surface area contributed by atoms with E-state index in [1.807, 2.05) is 0 Å². The number of carbonyl (C=O) groups excluding carboxylic acids is 1. The Morgan fingerprint density at radius 1 is 1.05 bits per heavy atom. The van der Waals surface area contributed by atoms with Crippen LogP contribution in [0.5, 0.6) is 0 Å². The van der Waals surface area contributed by atoms with Crippen molar-refractivity contribution in [3.05, 3.63) is 59.1 Å². The molecule has 0 unspecified atom stereocenters. The SMILES string of the molecule is O=C([O-])CN(c1ccc(Br)cc1)S(=O)(=O)c1ccccc1. The fourth-order valence-electron chi connectivity index (χ4n) is 1.76. The number of carboxylic acids is 1. The summed E-state index contributed by atoms with van der Waals surface area (Å²) >= 11 is 3.24. The van der Waals surface area contributed by atoms with Crippen LogP contribution in [0.1, 0.15) is 0 Å². The summed E-state index contributed by atoms with van der Waals surface area (Å²) in [5.41, 5.74) is 0.256. The molecule has 0 amide bonds. The fourth-order valence-corrected chi connectivity index (χ4v) is 3.45. The Kier molecular flexibility index (Phi) is 4.64. The van der Waals surface area contributed by atoms with Crippen LogP contribution in [0, 0.1) is 0 Å². The van der Waals surface area contributed by atoms with Crippen molar-refractivity contribution in [2.75, 3.05) is 10.8 Å². The normalized spacial score (nSPS) is 11.1. The zero-order chi connectivity index (χ0) is 15.5. The Morgan fingerprint density at radius 2 is 1.62 bits per heavy atom. The Balaban J connectivity index is 2.50. The number of carbonyl (C=O) groups is 1. The second kappa shape index (κ2) is 6.28. The van der Waals surface area contributed by atoms with E-state index in [0.717, 1.165) is 8.78 Å². The molecule has 110 valence electrons. The van der Waals surface area contributed by atoms with E-state index < -0.39 is 22.5 Å². The highest BCUT2D eigenvalue weighted by Gasteiger charge is 2.24. The molecule has 0 aliphatic heterocycles. The lowest BCUT2D eigenvalue weighted by molar-refractivity contribution is -0.303. The smallest absolute Gasteiger partial charge is 0.264 e. The van der Waals surface area contributed by atoms with Crippen LogP contribution >= 0.6 is 15.9 Å². The molecule has 0 heterocycles. The lowest BCUT2D eigenvalue weighted by atomic mass is 10.3. The van der Waals surface area contributed by atoms with Gasteiger partial charge in [0.2, 0.25) is 0 Å².